The van der Waals surface area contributed by atoms with Crippen LogP contribution in [0.3, 0.4) is 0 Å². The lowest BCUT2D eigenvalue weighted by Crippen LogP contribution is -2.28. The molecule has 18 heavy (non-hydrogen) atoms. The number of carbonyl (C=O) groups excluding carboxylic acids is 1. The molecule has 0 saturated heterocycles. The molecule has 0 unspecified atom stereocenters. The van der Waals surface area contributed by atoms with Crippen LogP contribution in [0.1, 0.15) is 26.5 Å². The van der Waals surface area contributed by atoms with Gasteiger partial charge in [0.05, 0.1) is 5.69 Å². The molecule has 0 spiro atoms. The number of nitrogens with one attached hydrogen (secondary N) is 1. The van der Waals surface area contributed by atoms with E-state index in [1.54, 1.807) is 33.8 Å². The van der Waals surface area contributed by atoms with Crippen LogP contribution < -0.4 is 5.32 Å². The SMILES string of the molecule is Cc1cc(NC(=O)OC(C)(C)C)n(CC(=O)O)n1. The van der Waals surface area contributed by atoms with Crippen molar-refractivity contribution in [1.29, 1.82) is 0 Å². The van der Waals surface area contributed by atoms with Gasteiger partial charge in [-0.05, 0) is 27.7 Å². The summed E-state index contributed by atoms with van der Waals surface area (Å²) in [4.78, 5) is 22.2. The average molecular weight is 255 g/mol. The zero-order valence-electron chi connectivity index (χ0n) is 10.9. The summed E-state index contributed by atoms with van der Waals surface area (Å²) in [5.41, 5.74) is -0.00106. The van der Waals surface area contributed by atoms with E-state index in [1.165, 1.54) is 4.68 Å². The van der Waals surface area contributed by atoms with E-state index in [4.69, 9.17) is 9.84 Å². The molecule has 100 valence electrons. The van der Waals surface area contributed by atoms with Crippen LogP contribution in [0.15, 0.2) is 6.07 Å². The van der Waals surface area contributed by atoms with Crippen LogP contribution in [0.25, 0.3) is 0 Å². The Balaban J connectivity index is 2.77. The quantitative estimate of drug-likeness (QED) is 0.856. The van der Waals surface area contributed by atoms with E-state index in [0.717, 1.165) is 0 Å². The molecule has 0 fully saturated rings. The van der Waals surface area contributed by atoms with Gasteiger partial charge in [0.15, 0.2) is 0 Å². The van der Waals surface area contributed by atoms with Crippen molar-refractivity contribution in [1.82, 2.24) is 9.78 Å². The number of aryl methyl sites for hydroxylation is 1. The predicted molar refractivity (Wildman–Crippen MR) is 64.5 cm³/mol. The first-order valence-corrected chi connectivity index (χ1v) is 5.43. The normalized spacial score (nSPS) is 11.1. The Hall–Kier alpha value is -2.05. The summed E-state index contributed by atoms with van der Waals surface area (Å²) in [7, 11) is 0. The fourth-order valence-electron chi connectivity index (χ4n) is 1.30. The van der Waals surface area contributed by atoms with Crippen LogP contribution in [0, 0.1) is 6.92 Å². The summed E-state index contributed by atoms with van der Waals surface area (Å²) < 4.78 is 6.27. The summed E-state index contributed by atoms with van der Waals surface area (Å²) >= 11 is 0. The van der Waals surface area contributed by atoms with Crippen LogP contribution in [0.2, 0.25) is 0 Å². The Morgan fingerprint density at radius 2 is 2.11 bits per heavy atom. The highest BCUT2D eigenvalue weighted by atomic mass is 16.6. The maximum absolute atomic E-state index is 11.6. The molecule has 0 atom stereocenters. The molecule has 0 aromatic carbocycles. The molecule has 1 heterocycles. The van der Waals surface area contributed by atoms with E-state index in [-0.39, 0.29) is 6.54 Å². The van der Waals surface area contributed by atoms with E-state index < -0.39 is 17.7 Å². The van der Waals surface area contributed by atoms with Crippen molar-refractivity contribution in [3.63, 3.8) is 0 Å². The molecule has 0 aliphatic rings. The molecule has 7 heteroatoms. The molecular formula is C11H17N3O4. The molecule has 1 rings (SSSR count). The molecule has 0 radical (unpaired) electrons. The van der Waals surface area contributed by atoms with Gasteiger partial charge in [-0.2, -0.15) is 5.10 Å². The van der Waals surface area contributed by atoms with Gasteiger partial charge >= 0.3 is 12.1 Å². The summed E-state index contributed by atoms with van der Waals surface area (Å²) in [5.74, 6) is -0.741. The molecule has 1 aromatic rings. The smallest absolute Gasteiger partial charge is 0.413 e. The number of hydrogen-bond donors (Lipinski definition) is 2. The van der Waals surface area contributed by atoms with Crippen LogP contribution in [0.4, 0.5) is 10.6 Å². The molecular weight excluding hydrogens is 238 g/mol. The highest BCUT2D eigenvalue weighted by Crippen LogP contribution is 2.13. The van der Waals surface area contributed by atoms with Crippen molar-refractivity contribution in [3.8, 4) is 0 Å². The number of aromatic nitrogens is 2. The predicted octanol–water partition coefficient (Wildman–Crippen LogP) is 1.62. The number of amides is 1. The monoisotopic (exact) mass is 255 g/mol. The number of nitrogens with zero attached hydrogens (tertiary/aromatic N) is 2. The number of carboxylic acids is 1. The highest BCUT2D eigenvalue weighted by Gasteiger charge is 2.18. The van der Waals surface area contributed by atoms with E-state index in [9.17, 15) is 9.59 Å². The summed E-state index contributed by atoms with van der Waals surface area (Å²) in [5, 5.41) is 15.2. The molecule has 1 amide bonds. The second-order valence-electron chi connectivity index (χ2n) is 4.85. The Bertz CT molecular complexity index is 459. The van der Waals surface area contributed by atoms with Gasteiger partial charge in [0, 0.05) is 6.07 Å². The summed E-state index contributed by atoms with van der Waals surface area (Å²) in [6, 6.07) is 1.58. The van der Waals surface area contributed by atoms with Gasteiger partial charge < -0.3 is 9.84 Å². The van der Waals surface area contributed by atoms with Crippen LogP contribution in [-0.2, 0) is 16.1 Å². The first-order chi connectivity index (χ1) is 8.17. The zero-order valence-corrected chi connectivity index (χ0v) is 10.9. The average Bonchev–Trinajstić information content (AvgIpc) is 2.41. The largest absolute Gasteiger partial charge is 0.480 e. The van der Waals surface area contributed by atoms with Gasteiger partial charge in [0.2, 0.25) is 0 Å². The van der Waals surface area contributed by atoms with E-state index in [0.29, 0.717) is 11.5 Å². The summed E-state index contributed by atoms with van der Waals surface area (Å²) in [6.45, 7) is 6.61. The standard InChI is InChI=1S/C11H17N3O4/c1-7-5-8(14(13-7)6-9(15)16)12-10(17)18-11(2,3)4/h5H,6H2,1-4H3,(H,12,17)(H,15,16). The number of ether oxygens (including phenoxy) is 1. The second kappa shape index (κ2) is 5.07. The number of carboxylic acid groups (broad SMARTS) is 1. The lowest BCUT2D eigenvalue weighted by atomic mass is 10.2. The third-order valence-electron chi connectivity index (χ3n) is 1.82. The van der Waals surface area contributed by atoms with Crippen molar-refractivity contribution in [2.75, 3.05) is 5.32 Å². The van der Waals surface area contributed by atoms with Gasteiger partial charge in [-0.1, -0.05) is 0 Å². The number of rotatable bonds is 3. The second-order valence-corrected chi connectivity index (χ2v) is 4.85. The fourth-order valence-corrected chi connectivity index (χ4v) is 1.30. The molecule has 1 aromatic heterocycles. The molecule has 7 nitrogen and oxygen atoms in total. The number of anilines is 1. The third kappa shape index (κ3) is 4.44. The third-order valence-corrected chi connectivity index (χ3v) is 1.82. The number of hydrogen-bond acceptors (Lipinski definition) is 4. The Kier molecular flexibility index (Phi) is 3.95. The summed E-state index contributed by atoms with van der Waals surface area (Å²) in [6.07, 6.45) is -0.644. The van der Waals surface area contributed by atoms with Crippen molar-refractivity contribution >= 4 is 17.9 Å². The number of aliphatic carboxylic acids is 1. The molecule has 0 saturated carbocycles. The van der Waals surface area contributed by atoms with Crippen LogP contribution >= 0.6 is 0 Å². The van der Waals surface area contributed by atoms with Gasteiger partial charge in [0.25, 0.3) is 0 Å². The maximum atomic E-state index is 11.6. The Morgan fingerprint density at radius 3 is 2.61 bits per heavy atom. The van der Waals surface area contributed by atoms with E-state index in [1.807, 2.05) is 0 Å². The highest BCUT2D eigenvalue weighted by molar-refractivity contribution is 5.84. The van der Waals surface area contributed by atoms with E-state index >= 15 is 0 Å². The maximum Gasteiger partial charge on any atom is 0.413 e. The first kappa shape index (κ1) is 14.0. The lowest BCUT2D eigenvalue weighted by molar-refractivity contribution is -0.137. The van der Waals surface area contributed by atoms with E-state index in [2.05, 4.69) is 10.4 Å². The van der Waals surface area contributed by atoms with Crippen LogP contribution in [-0.4, -0.2) is 32.6 Å². The lowest BCUT2D eigenvalue weighted by Gasteiger charge is -2.19. The molecule has 0 bridgehead atoms. The van der Waals surface area contributed by atoms with Gasteiger partial charge in [0.1, 0.15) is 18.0 Å². The Morgan fingerprint density at radius 1 is 1.50 bits per heavy atom. The van der Waals surface area contributed by atoms with Gasteiger partial charge in [-0.25, -0.2) is 9.48 Å². The molecule has 0 aliphatic heterocycles. The minimum Gasteiger partial charge on any atom is -0.480 e. The minimum absolute atomic E-state index is 0.296. The number of carbonyl (C=O) groups is 2. The van der Waals surface area contributed by atoms with Gasteiger partial charge in [-0.15, -0.1) is 0 Å². The fraction of sp³-hybridized carbons (Fsp3) is 0.545. The van der Waals surface area contributed by atoms with Crippen molar-refractivity contribution in [3.05, 3.63) is 11.8 Å². The topological polar surface area (TPSA) is 93.5 Å². The minimum atomic E-state index is -1.04. The van der Waals surface area contributed by atoms with Crippen molar-refractivity contribution in [2.24, 2.45) is 0 Å². The first-order valence-electron chi connectivity index (χ1n) is 5.43. The van der Waals surface area contributed by atoms with Crippen molar-refractivity contribution in [2.45, 2.75) is 39.8 Å². The van der Waals surface area contributed by atoms with Crippen LogP contribution in [0.5, 0.6) is 0 Å². The van der Waals surface area contributed by atoms with Crippen molar-refractivity contribution < 1.29 is 19.4 Å². The molecule has 0 aliphatic carbocycles. The zero-order chi connectivity index (χ0) is 13.9. The van der Waals surface area contributed by atoms with Gasteiger partial charge in [-0.3, -0.25) is 10.1 Å². The Labute approximate surface area is 105 Å². The molecule has 2 N–H and O–H groups in total.